The summed E-state index contributed by atoms with van der Waals surface area (Å²) in [7, 11) is -1.69. The molecule has 1 atom stereocenters. The van der Waals surface area contributed by atoms with Crippen LogP contribution >= 0.6 is 11.6 Å². The second kappa shape index (κ2) is 6.72. The SMILES string of the molecule is CN(CC1CCCO1)S(=O)(=O)N1CCC(CCl)CC1. The van der Waals surface area contributed by atoms with E-state index in [-0.39, 0.29) is 6.10 Å². The van der Waals surface area contributed by atoms with Crippen molar-refractivity contribution in [2.45, 2.75) is 31.8 Å². The third kappa shape index (κ3) is 3.82. The fourth-order valence-corrected chi connectivity index (χ4v) is 4.39. The first-order valence-corrected chi connectivity index (χ1v) is 8.86. The maximum Gasteiger partial charge on any atom is 0.281 e. The van der Waals surface area contributed by atoms with Gasteiger partial charge in [-0.3, -0.25) is 0 Å². The molecule has 0 N–H and O–H groups in total. The van der Waals surface area contributed by atoms with Crippen molar-refractivity contribution < 1.29 is 13.2 Å². The highest BCUT2D eigenvalue weighted by Crippen LogP contribution is 2.22. The lowest BCUT2D eigenvalue weighted by Crippen LogP contribution is -2.47. The molecule has 2 heterocycles. The van der Waals surface area contributed by atoms with Crippen LogP contribution in [0.2, 0.25) is 0 Å². The summed E-state index contributed by atoms with van der Waals surface area (Å²) < 4.78 is 33.4. The third-order valence-corrected chi connectivity index (χ3v) is 6.39. The smallest absolute Gasteiger partial charge is 0.281 e. The Balaban J connectivity index is 1.89. The molecule has 0 radical (unpaired) electrons. The average molecular weight is 311 g/mol. The van der Waals surface area contributed by atoms with E-state index in [2.05, 4.69) is 0 Å². The van der Waals surface area contributed by atoms with Crippen molar-refractivity contribution in [3.8, 4) is 0 Å². The number of hydrogen-bond donors (Lipinski definition) is 0. The van der Waals surface area contributed by atoms with E-state index in [9.17, 15) is 8.42 Å². The van der Waals surface area contributed by atoms with Gasteiger partial charge in [-0.15, -0.1) is 11.6 Å². The van der Waals surface area contributed by atoms with Gasteiger partial charge in [-0.1, -0.05) is 0 Å². The molecule has 2 aliphatic rings. The first-order chi connectivity index (χ1) is 9.04. The second-order valence-corrected chi connectivity index (χ2v) is 7.76. The number of ether oxygens (including phenoxy) is 1. The maximum atomic E-state index is 12.4. The number of nitrogens with zero attached hydrogens (tertiary/aromatic N) is 2. The van der Waals surface area contributed by atoms with Gasteiger partial charge < -0.3 is 4.74 Å². The Morgan fingerprint density at radius 2 is 2.00 bits per heavy atom. The van der Waals surface area contributed by atoms with Crippen LogP contribution in [0.1, 0.15) is 25.7 Å². The van der Waals surface area contributed by atoms with E-state index in [1.54, 1.807) is 11.4 Å². The zero-order chi connectivity index (χ0) is 13.9. The van der Waals surface area contributed by atoms with Crippen molar-refractivity contribution in [1.29, 1.82) is 0 Å². The molecule has 0 bridgehead atoms. The Labute approximate surface area is 121 Å². The van der Waals surface area contributed by atoms with Crippen LogP contribution in [0.3, 0.4) is 0 Å². The summed E-state index contributed by atoms with van der Waals surface area (Å²) in [6.07, 6.45) is 3.75. The van der Waals surface area contributed by atoms with Crippen LogP contribution in [-0.4, -0.2) is 62.3 Å². The molecule has 2 saturated heterocycles. The van der Waals surface area contributed by atoms with E-state index in [4.69, 9.17) is 16.3 Å². The van der Waals surface area contributed by atoms with Crippen LogP contribution < -0.4 is 0 Å². The van der Waals surface area contributed by atoms with E-state index in [1.165, 1.54) is 4.31 Å². The lowest BCUT2D eigenvalue weighted by Gasteiger charge is -2.33. The first-order valence-electron chi connectivity index (χ1n) is 6.93. The number of piperidine rings is 1. The zero-order valence-electron chi connectivity index (χ0n) is 11.4. The minimum Gasteiger partial charge on any atom is -0.377 e. The molecular formula is C12H23ClN2O3S. The minimum absolute atomic E-state index is 0.0557. The van der Waals surface area contributed by atoms with Crippen molar-refractivity contribution in [1.82, 2.24) is 8.61 Å². The molecule has 1 unspecified atom stereocenters. The van der Waals surface area contributed by atoms with Crippen LogP contribution in [0, 0.1) is 5.92 Å². The van der Waals surface area contributed by atoms with Gasteiger partial charge in [0.1, 0.15) is 0 Å². The van der Waals surface area contributed by atoms with Gasteiger partial charge in [-0.05, 0) is 31.6 Å². The van der Waals surface area contributed by atoms with Crippen LogP contribution in [0.4, 0.5) is 0 Å². The molecule has 0 aromatic rings. The molecule has 0 amide bonds. The molecule has 7 heteroatoms. The maximum absolute atomic E-state index is 12.4. The molecule has 112 valence electrons. The van der Waals surface area contributed by atoms with Gasteiger partial charge >= 0.3 is 0 Å². The topological polar surface area (TPSA) is 49.9 Å². The molecule has 19 heavy (non-hydrogen) atoms. The fourth-order valence-electron chi connectivity index (χ4n) is 2.66. The Bertz CT molecular complexity index is 376. The molecule has 2 rings (SSSR count). The molecule has 0 aliphatic carbocycles. The largest absolute Gasteiger partial charge is 0.377 e. The molecule has 0 spiro atoms. The van der Waals surface area contributed by atoms with E-state index in [0.29, 0.717) is 31.4 Å². The summed E-state index contributed by atoms with van der Waals surface area (Å²) >= 11 is 5.82. The van der Waals surface area contributed by atoms with Crippen molar-refractivity contribution in [3.05, 3.63) is 0 Å². The van der Waals surface area contributed by atoms with Gasteiger partial charge in [-0.2, -0.15) is 17.0 Å². The highest BCUT2D eigenvalue weighted by Gasteiger charge is 2.32. The van der Waals surface area contributed by atoms with Crippen LogP contribution in [0.25, 0.3) is 0 Å². The van der Waals surface area contributed by atoms with Crippen molar-refractivity contribution in [2.24, 2.45) is 5.92 Å². The monoisotopic (exact) mass is 310 g/mol. The molecular weight excluding hydrogens is 288 g/mol. The number of likely N-dealkylation sites (N-methyl/N-ethyl adjacent to an activating group) is 1. The first kappa shape index (κ1) is 15.5. The lowest BCUT2D eigenvalue weighted by atomic mass is 10.0. The number of hydrogen-bond acceptors (Lipinski definition) is 3. The van der Waals surface area contributed by atoms with Crippen LogP contribution in [-0.2, 0) is 14.9 Å². The summed E-state index contributed by atoms with van der Waals surface area (Å²) in [5, 5.41) is 0. The van der Waals surface area contributed by atoms with Gasteiger partial charge in [-0.25, -0.2) is 0 Å². The molecule has 0 saturated carbocycles. The molecule has 2 fully saturated rings. The summed E-state index contributed by atoms with van der Waals surface area (Å²) in [6, 6.07) is 0. The van der Waals surface area contributed by atoms with Crippen LogP contribution in [0.5, 0.6) is 0 Å². The Kier molecular flexibility index (Phi) is 5.48. The normalized spacial score (nSPS) is 27.2. The predicted molar refractivity (Wildman–Crippen MR) is 75.5 cm³/mol. The summed E-state index contributed by atoms with van der Waals surface area (Å²) in [5.74, 6) is 1.08. The van der Waals surface area contributed by atoms with Crippen molar-refractivity contribution >= 4 is 21.8 Å². The standard InChI is InChI=1S/C12H23ClN2O3S/c1-14(10-12-3-2-8-18-12)19(16,17)15-6-4-11(9-13)5-7-15/h11-12H,2-10H2,1H3. The van der Waals surface area contributed by atoms with Gasteiger partial charge in [0.05, 0.1) is 6.10 Å². The van der Waals surface area contributed by atoms with E-state index in [0.717, 1.165) is 32.3 Å². The summed E-state index contributed by atoms with van der Waals surface area (Å²) in [4.78, 5) is 0. The van der Waals surface area contributed by atoms with E-state index < -0.39 is 10.2 Å². The fraction of sp³-hybridized carbons (Fsp3) is 1.00. The summed E-state index contributed by atoms with van der Waals surface area (Å²) in [6.45, 7) is 2.36. The predicted octanol–water partition coefficient (Wildman–Crippen LogP) is 1.29. The Hall–Kier alpha value is 0.120. The van der Waals surface area contributed by atoms with Gasteiger partial charge in [0.2, 0.25) is 0 Å². The highest BCUT2D eigenvalue weighted by molar-refractivity contribution is 7.86. The zero-order valence-corrected chi connectivity index (χ0v) is 13.0. The van der Waals surface area contributed by atoms with E-state index >= 15 is 0 Å². The average Bonchev–Trinajstić information content (AvgIpc) is 2.91. The minimum atomic E-state index is -3.34. The number of rotatable bonds is 5. The Morgan fingerprint density at radius 3 is 2.53 bits per heavy atom. The van der Waals surface area contributed by atoms with Gasteiger partial charge in [0, 0.05) is 39.2 Å². The molecule has 0 aromatic heterocycles. The van der Waals surface area contributed by atoms with Crippen molar-refractivity contribution in [2.75, 3.05) is 39.2 Å². The Morgan fingerprint density at radius 1 is 1.32 bits per heavy atom. The second-order valence-electron chi connectivity index (χ2n) is 5.42. The van der Waals surface area contributed by atoms with Crippen molar-refractivity contribution in [3.63, 3.8) is 0 Å². The summed E-state index contributed by atoms with van der Waals surface area (Å²) in [5.41, 5.74) is 0. The molecule has 5 nitrogen and oxygen atoms in total. The molecule has 2 aliphatic heterocycles. The van der Waals surface area contributed by atoms with Gasteiger partial charge in [0.15, 0.2) is 0 Å². The molecule has 0 aromatic carbocycles. The highest BCUT2D eigenvalue weighted by atomic mass is 35.5. The van der Waals surface area contributed by atoms with Gasteiger partial charge in [0.25, 0.3) is 10.2 Å². The van der Waals surface area contributed by atoms with Crippen LogP contribution in [0.15, 0.2) is 0 Å². The number of alkyl halides is 1. The lowest BCUT2D eigenvalue weighted by molar-refractivity contribution is 0.0961. The quantitative estimate of drug-likeness (QED) is 0.719. The van der Waals surface area contributed by atoms with E-state index in [1.807, 2.05) is 0 Å². The third-order valence-electron chi connectivity index (χ3n) is 4.00. The number of halogens is 1.